The largest absolute Gasteiger partial charge is 0.507 e. The van der Waals surface area contributed by atoms with E-state index in [1.807, 2.05) is 48.5 Å². The fourth-order valence-electron chi connectivity index (χ4n) is 13.0. The van der Waals surface area contributed by atoms with Crippen molar-refractivity contribution in [3.63, 3.8) is 0 Å². The van der Waals surface area contributed by atoms with Crippen LogP contribution in [0.1, 0.15) is 251 Å². The first-order valence-electron chi connectivity index (χ1n) is 33.0. The summed E-state index contributed by atoms with van der Waals surface area (Å²) >= 11 is 0. The molecular weight excluding hydrogens is 1070 g/mol. The zero-order chi connectivity index (χ0) is 62.6. The molecule has 0 heterocycles. The molecule has 4 rings (SSSR count). The normalized spacial score (nSPS) is 13.7. The van der Waals surface area contributed by atoms with Gasteiger partial charge in [0, 0.05) is 0 Å². The molecule has 4 aromatic carbocycles. The summed E-state index contributed by atoms with van der Waals surface area (Å²) in [5.41, 5.74) is 6.82. The number of aryl methyl sites for hydroxylation is 8. The average molecular weight is 1180 g/mol. The number of unbranched alkanes of at least 4 members (excludes halogenated alkanes) is 8. The fraction of sp³-hybridized carbons (Fsp3) is 0.616. The summed E-state index contributed by atoms with van der Waals surface area (Å²) in [5.74, 6) is -8.95. The molecule has 0 saturated carbocycles. The zero-order valence-electron chi connectivity index (χ0n) is 53.3. The van der Waals surface area contributed by atoms with Crippen LogP contribution in [0.25, 0.3) is 0 Å². The molecule has 8 N–H and O–H groups in total. The molecule has 0 saturated heterocycles. The van der Waals surface area contributed by atoms with E-state index in [4.69, 9.17) is 0 Å². The number of phenols is 4. The molecule has 0 aliphatic heterocycles. The van der Waals surface area contributed by atoms with E-state index in [9.17, 15) is 60.0 Å². The predicted molar refractivity (Wildman–Crippen MR) is 342 cm³/mol. The summed E-state index contributed by atoms with van der Waals surface area (Å²) in [6, 6.07) is 14.9. The lowest BCUT2D eigenvalue weighted by atomic mass is 9.62. The number of aliphatic carboxylic acids is 4. The van der Waals surface area contributed by atoms with E-state index in [2.05, 4.69) is 55.4 Å². The first-order valence-corrected chi connectivity index (χ1v) is 33.0. The number of carbonyl (C=O) groups is 4. The van der Waals surface area contributed by atoms with Gasteiger partial charge in [0.15, 0.2) is 0 Å². The van der Waals surface area contributed by atoms with Gasteiger partial charge >= 0.3 is 23.9 Å². The number of carboxylic acid groups (broad SMARTS) is 4. The molecule has 12 nitrogen and oxygen atoms in total. The van der Waals surface area contributed by atoms with Crippen LogP contribution in [0.15, 0.2) is 48.5 Å². The summed E-state index contributed by atoms with van der Waals surface area (Å²) in [7, 11) is 0. The smallest absolute Gasteiger partial charge is 0.306 e. The van der Waals surface area contributed by atoms with E-state index in [0.29, 0.717) is 118 Å². The molecule has 0 amide bonds. The Morgan fingerprint density at radius 3 is 0.553 bits per heavy atom. The second-order valence-electron chi connectivity index (χ2n) is 25.2. The third-order valence-corrected chi connectivity index (χ3v) is 17.8. The van der Waals surface area contributed by atoms with Gasteiger partial charge in [0.1, 0.15) is 23.0 Å². The minimum absolute atomic E-state index is 0.0402. The number of benzene rings is 4. The number of phenolic OH excluding ortho intramolecular Hbond substituents is 4. The summed E-state index contributed by atoms with van der Waals surface area (Å²) in [6.45, 7) is 16.5. The average Bonchev–Trinajstić information content (AvgIpc) is 3.67. The molecule has 4 atom stereocenters. The Kier molecular flexibility index (Phi) is 31.0. The molecule has 4 aromatic rings. The van der Waals surface area contributed by atoms with Gasteiger partial charge in [-0.25, -0.2) is 0 Å². The quantitative estimate of drug-likeness (QED) is 0.0207. The predicted octanol–water partition coefficient (Wildman–Crippen LogP) is 16.9. The Morgan fingerprint density at radius 1 is 0.294 bits per heavy atom. The first kappa shape index (κ1) is 71.4. The molecule has 0 aliphatic rings. The molecule has 0 fully saturated rings. The van der Waals surface area contributed by atoms with Crippen molar-refractivity contribution in [1.29, 1.82) is 0 Å². The van der Waals surface area contributed by atoms with E-state index in [1.54, 1.807) is 0 Å². The maximum absolute atomic E-state index is 14.3. The minimum atomic E-state index is -1.57. The lowest BCUT2D eigenvalue weighted by Gasteiger charge is -2.41. The first-order chi connectivity index (χ1) is 40.7. The van der Waals surface area contributed by atoms with E-state index in [1.165, 1.54) is 0 Å². The topological polar surface area (TPSA) is 230 Å². The fourth-order valence-corrected chi connectivity index (χ4v) is 13.0. The molecule has 0 bridgehead atoms. The molecule has 472 valence electrons. The number of hydrogen-bond acceptors (Lipinski definition) is 8. The van der Waals surface area contributed by atoms with Gasteiger partial charge in [0.2, 0.25) is 0 Å². The SMILES string of the molecule is CCCCc1cc(CC(CC(CC(Cc2cc(CCCC)c(O)c(CCCC)c2)C(=O)O)(CC(Cc2cc(CCCC)c(O)c(CCCC)c2)C(=O)O)CC(Cc2cc(CCCC)c(O)c(CCCC)c2)C(=O)O)C(=O)O)cc(CCCC)c1O. The summed E-state index contributed by atoms with van der Waals surface area (Å²) in [4.78, 5) is 57.1. The van der Waals surface area contributed by atoms with Gasteiger partial charge in [-0.3, -0.25) is 19.2 Å². The Labute approximate surface area is 509 Å². The lowest BCUT2D eigenvalue weighted by molar-refractivity contribution is -0.147. The van der Waals surface area contributed by atoms with Gasteiger partial charge in [-0.2, -0.15) is 0 Å². The highest BCUT2D eigenvalue weighted by Crippen LogP contribution is 2.49. The number of rotatable bonds is 44. The van der Waals surface area contributed by atoms with Gasteiger partial charge in [-0.05, 0) is 226 Å². The lowest BCUT2D eigenvalue weighted by Crippen LogP contribution is -2.40. The molecule has 0 spiro atoms. The Morgan fingerprint density at radius 2 is 0.435 bits per heavy atom. The second-order valence-corrected chi connectivity index (χ2v) is 25.2. The van der Waals surface area contributed by atoms with Crippen molar-refractivity contribution in [1.82, 2.24) is 0 Å². The monoisotopic (exact) mass is 1180 g/mol. The van der Waals surface area contributed by atoms with E-state index in [0.717, 1.165) is 103 Å². The summed E-state index contributed by atoms with van der Waals surface area (Å²) < 4.78 is 0. The third kappa shape index (κ3) is 22.3. The highest BCUT2D eigenvalue weighted by atomic mass is 16.4. The summed E-state index contributed by atoms with van der Waals surface area (Å²) in [6.07, 6.45) is 16.7. The molecule has 85 heavy (non-hydrogen) atoms. The van der Waals surface area contributed by atoms with Crippen molar-refractivity contribution < 1.29 is 60.0 Å². The second kappa shape index (κ2) is 36.8. The van der Waals surface area contributed by atoms with Crippen LogP contribution in [0.4, 0.5) is 0 Å². The number of carboxylic acids is 4. The summed E-state index contributed by atoms with van der Waals surface area (Å²) in [5, 5.41) is 92.9. The van der Waals surface area contributed by atoms with Crippen molar-refractivity contribution in [2.75, 3.05) is 0 Å². The molecule has 12 heteroatoms. The van der Waals surface area contributed by atoms with Crippen LogP contribution in [0.5, 0.6) is 23.0 Å². The van der Waals surface area contributed by atoms with Gasteiger partial charge in [-0.15, -0.1) is 0 Å². The van der Waals surface area contributed by atoms with E-state index >= 15 is 0 Å². The van der Waals surface area contributed by atoms with Crippen molar-refractivity contribution in [2.45, 2.75) is 261 Å². The van der Waals surface area contributed by atoms with Gasteiger partial charge in [0.25, 0.3) is 0 Å². The van der Waals surface area contributed by atoms with Crippen molar-refractivity contribution in [3.8, 4) is 23.0 Å². The Hall–Kier alpha value is -6.04. The van der Waals surface area contributed by atoms with Crippen LogP contribution >= 0.6 is 0 Å². The van der Waals surface area contributed by atoms with Gasteiger partial charge < -0.3 is 40.9 Å². The van der Waals surface area contributed by atoms with E-state index < -0.39 is 53.0 Å². The van der Waals surface area contributed by atoms with Crippen LogP contribution in [-0.4, -0.2) is 64.7 Å². The van der Waals surface area contributed by atoms with Crippen LogP contribution in [-0.2, 0) is 96.2 Å². The highest BCUT2D eigenvalue weighted by molar-refractivity contribution is 5.74. The van der Waals surface area contributed by atoms with Crippen LogP contribution < -0.4 is 0 Å². The van der Waals surface area contributed by atoms with Crippen molar-refractivity contribution >= 4 is 23.9 Å². The van der Waals surface area contributed by atoms with Crippen molar-refractivity contribution in [3.05, 3.63) is 115 Å². The van der Waals surface area contributed by atoms with Crippen LogP contribution in [0.2, 0.25) is 0 Å². The maximum atomic E-state index is 14.3. The van der Waals surface area contributed by atoms with Crippen LogP contribution in [0, 0.1) is 29.1 Å². The van der Waals surface area contributed by atoms with Crippen LogP contribution in [0.3, 0.4) is 0 Å². The molecule has 0 radical (unpaired) electrons. The molecule has 0 aromatic heterocycles. The van der Waals surface area contributed by atoms with Gasteiger partial charge in [0.05, 0.1) is 23.7 Å². The molecular formula is C73H108O12. The highest BCUT2D eigenvalue weighted by Gasteiger charge is 2.45. The zero-order valence-corrected chi connectivity index (χ0v) is 53.3. The Bertz CT molecular complexity index is 2250. The van der Waals surface area contributed by atoms with E-state index in [-0.39, 0.29) is 74.4 Å². The van der Waals surface area contributed by atoms with Crippen molar-refractivity contribution in [2.24, 2.45) is 29.1 Å². The standard InChI is InChI=1S/C73H108O12/c1-9-17-25-53-33-49(34-54(65(53)74)26-18-10-2)41-61(69(78)79)45-73(46-62(70(80)81)42-50-35-55(27-19-11-3)66(75)56(36-50)28-20-12-4,47-63(71(82)83)43-51-37-57(29-21-13-5)67(76)58(38-51)30-22-14-6)48-64(72(84)85)44-52-39-59(31-23-15-7)68(77)60(40-52)32-24-16-8/h33-40,61-64,74-77H,9-32,41-48H2,1-8H3,(H,78,79)(H,80,81)(H,82,83)(H,84,85). The maximum Gasteiger partial charge on any atom is 0.306 e. The Balaban J connectivity index is 2.14. The number of aromatic hydroxyl groups is 4. The number of hydrogen-bond donors (Lipinski definition) is 8. The minimum Gasteiger partial charge on any atom is -0.507 e. The van der Waals surface area contributed by atoms with Gasteiger partial charge in [-0.1, -0.05) is 155 Å². The molecule has 4 unspecified atom stereocenters. The third-order valence-electron chi connectivity index (χ3n) is 17.8. The molecule has 0 aliphatic carbocycles.